The van der Waals surface area contributed by atoms with Gasteiger partial charge in [0.25, 0.3) is 0 Å². The Kier molecular flexibility index (Phi) is 4.93. The first-order valence-corrected chi connectivity index (χ1v) is 7.19. The summed E-state index contributed by atoms with van der Waals surface area (Å²) in [5.74, 6) is -0.890. The highest BCUT2D eigenvalue weighted by Crippen LogP contribution is 2.32. The van der Waals surface area contributed by atoms with Crippen LogP contribution in [0.25, 0.3) is 0 Å². The number of anilines is 1. The number of alkyl halides is 3. The van der Waals surface area contributed by atoms with Crippen molar-refractivity contribution in [2.24, 2.45) is 0 Å². The van der Waals surface area contributed by atoms with Gasteiger partial charge in [-0.15, -0.1) is 0 Å². The first kappa shape index (κ1) is 16.6. The summed E-state index contributed by atoms with van der Waals surface area (Å²) in [4.78, 5) is 13.5. The quantitative estimate of drug-likeness (QED) is 0.792. The standard InChI is InChI=1S/C15H18F4N2O/c1-21(11-5-3-2-4-6-11)14(22)20-13-9-10(15(17,18)19)7-8-12(13)16/h7-9,11H,2-6H2,1H3,(H,20,22). The zero-order valence-corrected chi connectivity index (χ0v) is 12.2. The molecule has 1 aromatic carbocycles. The Morgan fingerprint density at radius 3 is 2.45 bits per heavy atom. The van der Waals surface area contributed by atoms with E-state index in [1.165, 1.54) is 4.90 Å². The van der Waals surface area contributed by atoms with E-state index in [0.29, 0.717) is 18.2 Å². The van der Waals surface area contributed by atoms with E-state index in [9.17, 15) is 22.4 Å². The molecule has 0 spiro atoms. The third-order valence-corrected chi connectivity index (χ3v) is 3.98. The summed E-state index contributed by atoms with van der Waals surface area (Å²) in [5, 5.41) is 2.23. The van der Waals surface area contributed by atoms with Crippen LogP contribution in [-0.2, 0) is 6.18 Å². The van der Waals surface area contributed by atoms with Crippen molar-refractivity contribution in [1.82, 2.24) is 4.90 Å². The number of urea groups is 1. The van der Waals surface area contributed by atoms with E-state index >= 15 is 0 Å². The fourth-order valence-corrected chi connectivity index (χ4v) is 2.63. The summed E-state index contributed by atoms with van der Waals surface area (Å²) in [6, 6.07) is 1.42. The van der Waals surface area contributed by atoms with Gasteiger partial charge in [-0.3, -0.25) is 0 Å². The Morgan fingerprint density at radius 2 is 1.86 bits per heavy atom. The Hall–Kier alpha value is -1.79. The molecule has 7 heteroatoms. The Morgan fingerprint density at radius 1 is 1.23 bits per heavy atom. The number of nitrogens with zero attached hydrogens (tertiary/aromatic N) is 1. The van der Waals surface area contributed by atoms with E-state index in [-0.39, 0.29) is 6.04 Å². The van der Waals surface area contributed by atoms with E-state index in [1.54, 1.807) is 7.05 Å². The minimum absolute atomic E-state index is 0.0441. The fraction of sp³-hybridized carbons (Fsp3) is 0.533. The summed E-state index contributed by atoms with van der Waals surface area (Å²) in [6.45, 7) is 0. The molecule has 0 radical (unpaired) electrons. The van der Waals surface area contributed by atoms with Crippen LogP contribution < -0.4 is 5.32 Å². The highest BCUT2D eigenvalue weighted by molar-refractivity contribution is 5.89. The van der Waals surface area contributed by atoms with E-state index in [1.807, 2.05) is 0 Å². The molecular weight excluding hydrogens is 300 g/mol. The van der Waals surface area contributed by atoms with Gasteiger partial charge in [0.15, 0.2) is 0 Å². The number of carbonyl (C=O) groups excluding carboxylic acids is 1. The van der Waals surface area contributed by atoms with Gasteiger partial charge in [-0.25, -0.2) is 9.18 Å². The van der Waals surface area contributed by atoms with Gasteiger partial charge in [0.2, 0.25) is 0 Å². The smallest absolute Gasteiger partial charge is 0.325 e. The number of hydrogen-bond donors (Lipinski definition) is 1. The van der Waals surface area contributed by atoms with Crippen LogP contribution in [0.15, 0.2) is 18.2 Å². The summed E-state index contributed by atoms with van der Waals surface area (Å²) < 4.78 is 51.5. The van der Waals surface area contributed by atoms with Crippen LogP contribution in [-0.4, -0.2) is 24.0 Å². The molecule has 1 aliphatic rings. The maximum Gasteiger partial charge on any atom is 0.416 e. The second kappa shape index (κ2) is 6.54. The van der Waals surface area contributed by atoms with Crippen LogP contribution in [0, 0.1) is 5.82 Å². The number of rotatable bonds is 2. The lowest BCUT2D eigenvalue weighted by molar-refractivity contribution is -0.137. The van der Waals surface area contributed by atoms with E-state index in [2.05, 4.69) is 5.32 Å². The number of halogens is 4. The number of hydrogen-bond acceptors (Lipinski definition) is 1. The van der Waals surface area contributed by atoms with E-state index in [4.69, 9.17) is 0 Å². The van der Waals surface area contributed by atoms with Gasteiger partial charge < -0.3 is 10.2 Å². The van der Waals surface area contributed by atoms with Gasteiger partial charge in [0.05, 0.1) is 11.3 Å². The topological polar surface area (TPSA) is 32.3 Å². The molecule has 22 heavy (non-hydrogen) atoms. The second-order valence-corrected chi connectivity index (χ2v) is 5.53. The SMILES string of the molecule is CN(C(=O)Nc1cc(C(F)(F)F)ccc1F)C1CCCCC1. The lowest BCUT2D eigenvalue weighted by atomic mass is 9.95. The Labute approximate surface area is 126 Å². The lowest BCUT2D eigenvalue weighted by Gasteiger charge is -2.31. The van der Waals surface area contributed by atoms with Gasteiger partial charge in [-0.05, 0) is 31.0 Å². The van der Waals surface area contributed by atoms with Crippen molar-refractivity contribution in [3.05, 3.63) is 29.6 Å². The lowest BCUT2D eigenvalue weighted by Crippen LogP contribution is -2.41. The Bertz CT molecular complexity index is 539. The molecule has 1 fully saturated rings. The predicted octanol–water partition coefficient (Wildman–Crippen LogP) is 4.64. The van der Waals surface area contributed by atoms with Crippen LogP contribution in [0.3, 0.4) is 0 Å². The molecule has 0 aromatic heterocycles. The third-order valence-electron chi connectivity index (χ3n) is 3.98. The average molecular weight is 318 g/mol. The molecule has 0 heterocycles. The fourth-order valence-electron chi connectivity index (χ4n) is 2.63. The molecule has 1 N–H and O–H groups in total. The number of carbonyl (C=O) groups is 1. The maximum atomic E-state index is 13.6. The molecule has 0 unspecified atom stereocenters. The van der Waals surface area contributed by atoms with Gasteiger partial charge in [-0.2, -0.15) is 13.2 Å². The highest BCUT2D eigenvalue weighted by atomic mass is 19.4. The molecule has 0 aliphatic heterocycles. The van der Waals surface area contributed by atoms with Crippen LogP contribution in [0.5, 0.6) is 0 Å². The van der Waals surface area contributed by atoms with Crippen molar-refractivity contribution in [2.75, 3.05) is 12.4 Å². The summed E-state index contributed by atoms with van der Waals surface area (Å²) in [5.41, 5.74) is -1.45. The maximum absolute atomic E-state index is 13.6. The van der Waals surface area contributed by atoms with E-state index < -0.39 is 29.3 Å². The van der Waals surface area contributed by atoms with Crippen LogP contribution in [0.2, 0.25) is 0 Å². The zero-order valence-electron chi connectivity index (χ0n) is 12.2. The van der Waals surface area contributed by atoms with E-state index in [0.717, 1.165) is 32.1 Å². The number of amides is 2. The van der Waals surface area contributed by atoms with Crippen LogP contribution in [0.4, 0.5) is 28.0 Å². The van der Waals surface area contributed by atoms with Crippen LogP contribution >= 0.6 is 0 Å². The van der Waals surface area contributed by atoms with Crippen molar-refractivity contribution in [3.63, 3.8) is 0 Å². The van der Waals surface area contributed by atoms with Gasteiger partial charge >= 0.3 is 12.2 Å². The molecular formula is C15H18F4N2O. The highest BCUT2D eigenvalue weighted by Gasteiger charge is 2.31. The van der Waals surface area contributed by atoms with Gasteiger partial charge in [0.1, 0.15) is 5.82 Å². The molecule has 1 aliphatic carbocycles. The third kappa shape index (κ3) is 3.90. The number of benzene rings is 1. The molecule has 0 saturated heterocycles. The normalized spacial score (nSPS) is 16.4. The van der Waals surface area contributed by atoms with Crippen molar-refractivity contribution in [1.29, 1.82) is 0 Å². The monoisotopic (exact) mass is 318 g/mol. The Balaban J connectivity index is 2.10. The summed E-state index contributed by atoms with van der Waals surface area (Å²) in [6.07, 6.45) is 0.279. The molecule has 0 atom stereocenters. The zero-order chi connectivity index (χ0) is 16.3. The van der Waals surface area contributed by atoms with Crippen molar-refractivity contribution < 1.29 is 22.4 Å². The number of nitrogens with one attached hydrogen (secondary N) is 1. The average Bonchev–Trinajstić information content (AvgIpc) is 2.48. The van der Waals surface area contributed by atoms with Crippen LogP contribution in [0.1, 0.15) is 37.7 Å². The van der Waals surface area contributed by atoms with Crippen molar-refractivity contribution in [3.8, 4) is 0 Å². The molecule has 2 amide bonds. The minimum atomic E-state index is -4.58. The molecule has 1 saturated carbocycles. The molecule has 3 nitrogen and oxygen atoms in total. The van der Waals surface area contributed by atoms with Crippen molar-refractivity contribution in [2.45, 2.75) is 44.3 Å². The first-order valence-electron chi connectivity index (χ1n) is 7.19. The second-order valence-electron chi connectivity index (χ2n) is 5.53. The molecule has 1 aromatic rings. The molecule has 0 bridgehead atoms. The van der Waals surface area contributed by atoms with Gasteiger partial charge in [-0.1, -0.05) is 19.3 Å². The summed E-state index contributed by atoms with van der Waals surface area (Å²) >= 11 is 0. The molecule has 122 valence electrons. The largest absolute Gasteiger partial charge is 0.416 e. The first-order chi connectivity index (χ1) is 10.3. The van der Waals surface area contributed by atoms with Crippen molar-refractivity contribution >= 4 is 11.7 Å². The van der Waals surface area contributed by atoms with Gasteiger partial charge in [0, 0.05) is 13.1 Å². The predicted molar refractivity (Wildman–Crippen MR) is 75.1 cm³/mol. The molecule has 2 rings (SSSR count). The minimum Gasteiger partial charge on any atom is -0.325 e. The summed E-state index contributed by atoms with van der Waals surface area (Å²) in [7, 11) is 1.58.